The van der Waals surface area contributed by atoms with E-state index in [-0.39, 0.29) is 5.69 Å². The quantitative estimate of drug-likeness (QED) is 0.220. The third-order valence-electron chi connectivity index (χ3n) is 5.71. The van der Waals surface area contributed by atoms with Gasteiger partial charge in [0.2, 0.25) is 5.95 Å². The molecule has 0 atom stereocenters. The molecule has 11 heteroatoms. The van der Waals surface area contributed by atoms with Gasteiger partial charge in [0.05, 0.1) is 17.4 Å². The van der Waals surface area contributed by atoms with Crippen molar-refractivity contribution in [3.8, 4) is 0 Å². The van der Waals surface area contributed by atoms with Gasteiger partial charge in [0.1, 0.15) is 5.02 Å². The number of nitrogens with one attached hydrogen (secondary N) is 4. The van der Waals surface area contributed by atoms with E-state index in [4.69, 9.17) is 11.6 Å². The van der Waals surface area contributed by atoms with Crippen LogP contribution in [0.2, 0.25) is 5.02 Å². The van der Waals surface area contributed by atoms with Crippen molar-refractivity contribution in [2.75, 3.05) is 21.3 Å². The molecule has 2 heterocycles. The van der Waals surface area contributed by atoms with Crippen molar-refractivity contribution in [2.24, 2.45) is 0 Å². The fraction of sp³-hybridized carbons (Fsp3) is 0.115. The number of alkyl halides is 3. The van der Waals surface area contributed by atoms with Gasteiger partial charge in [-0.3, -0.25) is 0 Å². The van der Waals surface area contributed by atoms with Crippen LogP contribution in [0.15, 0.2) is 72.9 Å². The highest BCUT2D eigenvalue weighted by Gasteiger charge is 2.33. The number of benzene rings is 3. The molecule has 0 spiro atoms. The molecule has 2 amide bonds. The Kier molecular flexibility index (Phi) is 6.58. The molecule has 0 unspecified atom stereocenters. The predicted octanol–water partition coefficient (Wildman–Crippen LogP) is 7.38. The molecule has 1 aliphatic rings. The fourth-order valence-corrected chi connectivity index (χ4v) is 4.12. The summed E-state index contributed by atoms with van der Waals surface area (Å²) in [5.41, 5.74) is 2.48. The van der Waals surface area contributed by atoms with Crippen LogP contribution in [-0.2, 0) is 19.0 Å². The molecule has 6 bridgehead atoms. The molecule has 0 radical (unpaired) electrons. The fourth-order valence-electron chi connectivity index (χ4n) is 3.98. The van der Waals surface area contributed by atoms with Gasteiger partial charge in [0.25, 0.3) is 0 Å². The number of nitrogens with zero attached hydrogens (tertiary/aromatic N) is 2. The maximum atomic E-state index is 13.3. The Hall–Kier alpha value is -4.31. The lowest BCUT2D eigenvalue weighted by Gasteiger charge is -2.17. The lowest BCUT2D eigenvalue weighted by Crippen LogP contribution is -2.22. The van der Waals surface area contributed by atoms with Crippen molar-refractivity contribution in [3.05, 3.63) is 94.6 Å². The Balaban J connectivity index is 1.45. The normalized spacial score (nSPS) is 12.6. The number of hydrogen-bond acceptors (Lipinski definition) is 5. The van der Waals surface area contributed by atoms with Gasteiger partial charge in [0, 0.05) is 17.1 Å². The van der Waals surface area contributed by atoms with Crippen molar-refractivity contribution in [1.82, 2.24) is 9.97 Å². The minimum atomic E-state index is -4.60. The monoisotopic (exact) mass is 524 g/mol. The summed E-state index contributed by atoms with van der Waals surface area (Å²) in [6.45, 7) is 0. The molecule has 37 heavy (non-hydrogen) atoms. The van der Waals surface area contributed by atoms with E-state index in [1.54, 1.807) is 12.1 Å². The number of carbonyl (C=O) groups is 1. The molecule has 0 saturated heterocycles. The minimum Gasteiger partial charge on any atom is -0.339 e. The number of para-hydroxylation sites is 1. The van der Waals surface area contributed by atoms with E-state index in [2.05, 4.69) is 31.2 Å². The predicted molar refractivity (Wildman–Crippen MR) is 138 cm³/mol. The number of urea groups is 1. The van der Waals surface area contributed by atoms with E-state index in [0.717, 1.165) is 22.9 Å². The Bertz CT molecular complexity index is 1480. The van der Waals surface area contributed by atoms with Crippen LogP contribution in [0.5, 0.6) is 0 Å². The van der Waals surface area contributed by atoms with Crippen molar-refractivity contribution in [1.29, 1.82) is 0 Å². The molecule has 0 aliphatic carbocycles. The molecule has 4 N–H and O–H groups in total. The number of carbonyl (C=O) groups excluding carboxylic acids is 1. The first-order valence-corrected chi connectivity index (χ1v) is 11.6. The van der Waals surface area contributed by atoms with Gasteiger partial charge in [-0.25, -0.2) is 9.78 Å². The van der Waals surface area contributed by atoms with Crippen molar-refractivity contribution < 1.29 is 18.0 Å². The maximum Gasteiger partial charge on any atom is 0.418 e. The summed E-state index contributed by atoms with van der Waals surface area (Å²) in [5, 5.41) is 11.7. The molecule has 0 saturated carbocycles. The molecule has 0 fully saturated rings. The smallest absolute Gasteiger partial charge is 0.339 e. The number of aromatic nitrogens is 2. The first kappa shape index (κ1) is 24.4. The van der Waals surface area contributed by atoms with E-state index in [1.807, 2.05) is 30.3 Å². The van der Waals surface area contributed by atoms with E-state index < -0.39 is 17.8 Å². The van der Waals surface area contributed by atoms with E-state index >= 15 is 0 Å². The summed E-state index contributed by atoms with van der Waals surface area (Å²) < 4.78 is 40.0. The van der Waals surface area contributed by atoms with Gasteiger partial charge in [-0.15, -0.1) is 0 Å². The number of anilines is 6. The Morgan fingerprint density at radius 1 is 0.892 bits per heavy atom. The highest BCUT2D eigenvalue weighted by atomic mass is 35.5. The SMILES string of the molecule is O=C(Nc1ccc2cc1CCc1cccc(c1)Nc1ncc(Cl)c(n1)N2)Nc1ccccc1C(F)(F)F. The van der Waals surface area contributed by atoms with Crippen LogP contribution in [0.3, 0.4) is 0 Å². The average Bonchev–Trinajstić information content (AvgIpc) is 2.86. The van der Waals surface area contributed by atoms with Crippen LogP contribution in [0.4, 0.5) is 52.5 Å². The molecule has 5 rings (SSSR count). The van der Waals surface area contributed by atoms with E-state index in [0.29, 0.717) is 41.0 Å². The van der Waals surface area contributed by atoms with Crippen LogP contribution < -0.4 is 21.3 Å². The Morgan fingerprint density at radius 3 is 2.51 bits per heavy atom. The highest BCUT2D eigenvalue weighted by Crippen LogP contribution is 2.35. The highest BCUT2D eigenvalue weighted by molar-refractivity contribution is 6.32. The molecule has 3 aromatic carbocycles. The van der Waals surface area contributed by atoms with Crippen LogP contribution in [-0.4, -0.2) is 16.0 Å². The number of fused-ring (bicyclic) bond motifs is 6. The third-order valence-corrected chi connectivity index (χ3v) is 5.98. The third kappa shape index (κ3) is 5.75. The summed E-state index contributed by atoms with van der Waals surface area (Å²) in [6.07, 6.45) is -1.92. The van der Waals surface area contributed by atoms with Gasteiger partial charge in [-0.2, -0.15) is 18.2 Å². The van der Waals surface area contributed by atoms with Crippen molar-refractivity contribution in [3.63, 3.8) is 0 Å². The molecule has 1 aliphatic heterocycles. The molecule has 7 nitrogen and oxygen atoms in total. The summed E-state index contributed by atoms with van der Waals surface area (Å²) in [5.74, 6) is 0.764. The zero-order valence-corrected chi connectivity index (χ0v) is 19.9. The topological polar surface area (TPSA) is 91.0 Å². The lowest BCUT2D eigenvalue weighted by atomic mass is 10.0. The Labute approximate surface area is 215 Å². The number of hydrogen-bond donors (Lipinski definition) is 4. The van der Waals surface area contributed by atoms with Crippen LogP contribution in [0.1, 0.15) is 16.7 Å². The largest absolute Gasteiger partial charge is 0.418 e. The zero-order chi connectivity index (χ0) is 26.0. The lowest BCUT2D eigenvalue weighted by molar-refractivity contribution is -0.136. The molecule has 188 valence electrons. The van der Waals surface area contributed by atoms with Crippen LogP contribution >= 0.6 is 11.6 Å². The second-order valence-electron chi connectivity index (χ2n) is 8.33. The number of rotatable bonds is 2. The summed E-state index contributed by atoms with van der Waals surface area (Å²) in [7, 11) is 0. The van der Waals surface area contributed by atoms with Gasteiger partial charge in [-0.1, -0.05) is 35.9 Å². The van der Waals surface area contributed by atoms with Crippen molar-refractivity contribution >= 4 is 52.1 Å². The summed E-state index contributed by atoms with van der Waals surface area (Å²) in [4.78, 5) is 21.4. The second kappa shape index (κ2) is 9.98. The van der Waals surface area contributed by atoms with Gasteiger partial charge in [0.15, 0.2) is 5.82 Å². The second-order valence-corrected chi connectivity index (χ2v) is 8.74. The Morgan fingerprint density at radius 2 is 1.68 bits per heavy atom. The van der Waals surface area contributed by atoms with Gasteiger partial charge in [-0.05, 0) is 66.4 Å². The number of aryl methyl sites for hydroxylation is 2. The zero-order valence-electron chi connectivity index (χ0n) is 19.2. The number of amides is 2. The first-order valence-electron chi connectivity index (χ1n) is 11.3. The van der Waals surface area contributed by atoms with E-state index in [1.165, 1.54) is 24.4 Å². The minimum absolute atomic E-state index is 0.320. The van der Waals surface area contributed by atoms with Crippen LogP contribution in [0.25, 0.3) is 0 Å². The average molecular weight is 525 g/mol. The molecular weight excluding hydrogens is 505 g/mol. The summed E-state index contributed by atoms with van der Waals surface area (Å²) in [6, 6.07) is 17.0. The van der Waals surface area contributed by atoms with Crippen LogP contribution in [0, 0.1) is 0 Å². The molecular formula is C26H20ClF3N6O. The summed E-state index contributed by atoms with van der Waals surface area (Å²) >= 11 is 6.29. The standard InChI is InChI=1S/C26H20ClF3N6O/c27-20-14-31-24-33-17-5-3-4-15(12-17)8-9-16-13-18(32-23(20)36-24)10-11-21(16)34-25(37)35-22-7-2-1-6-19(22)26(28,29)30/h1-7,10-14H,8-9H2,(H2,34,35,37)(H2,31,32,33,36). The molecule has 1 aromatic heterocycles. The van der Waals surface area contributed by atoms with Gasteiger partial charge >= 0.3 is 12.2 Å². The van der Waals surface area contributed by atoms with Crippen molar-refractivity contribution in [2.45, 2.75) is 19.0 Å². The van der Waals surface area contributed by atoms with Gasteiger partial charge < -0.3 is 21.3 Å². The first-order chi connectivity index (χ1) is 17.7. The maximum absolute atomic E-state index is 13.3. The number of halogens is 4. The molecule has 4 aromatic rings. The van der Waals surface area contributed by atoms with E-state index in [9.17, 15) is 18.0 Å².